The molecule has 0 saturated heterocycles. The van der Waals surface area contributed by atoms with Crippen LogP contribution in [-0.2, 0) is 14.3 Å². The Balaban J connectivity index is 1.76. The summed E-state index contributed by atoms with van der Waals surface area (Å²) in [5.41, 5.74) is 2.84. The Morgan fingerprint density at radius 3 is 1.87 bits per heavy atom. The Morgan fingerprint density at radius 1 is 0.867 bits per heavy atom. The van der Waals surface area contributed by atoms with Crippen molar-refractivity contribution in [3.05, 3.63) is 59.7 Å². The highest BCUT2D eigenvalue weighted by atomic mass is 16.5. The maximum atomic E-state index is 12.2. The molecular formula is C23H29N3O4. The third-order valence-corrected chi connectivity index (χ3v) is 4.30. The molecule has 0 radical (unpaired) electrons. The minimum atomic E-state index is -0.374. The summed E-state index contributed by atoms with van der Waals surface area (Å²) >= 11 is 0. The first-order chi connectivity index (χ1) is 14.4. The number of nitrogens with zero attached hydrogens (tertiary/aromatic N) is 1. The summed E-state index contributed by atoms with van der Waals surface area (Å²) in [7, 11) is 1.70. The van der Waals surface area contributed by atoms with Crippen molar-refractivity contribution in [2.45, 2.75) is 26.7 Å². The number of likely N-dealkylation sites (N-methyl/N-ethyl adjacent to an activating group) is 1. The van der Waals surface area contributed by atoms with Crippen molar-refractivity contribution in [3.8, 4) is 0 Å². The van der Waals surface area contributed by atoms with Crippen LogP contribution in [0.3, 0.4) is 0 Å². The van der Waals surface area contributed by atoms with Crippen LogP contribution in [0.25, 0.3) is 0 Å². The predicted molar refractivity (Wildman–Crippen MR) is 118 cm³/mol. The first kappa shape index (κ1) is 23.1. The Labute approximate surface area is 177 Å². The molecule has 2 amide bonds. The summed E-state index contributed by atoms with van der Waals surface area (Å²) in [6.07, 6.45) is 1.79. The van der Waals surface area contributed by atoms with Crippen LogP contribution in [0, 0.1) is 6.92 Å². The van der Waals surface area contributed by atoms with Gasteiger partial charge >= 0.3 is 5.97 Å². The predicted octanol–water partition coefficient (Wildman–Crippen LogP) is 3.46. The fourth-order valence-corrected chi connectivity index (χ4v) is 2.67. The molecular weight excluding hydrogens is 382 g/mol. The van der Waals surface area contributed by atoms with Crippen molar-refractivity contribution in [3.63, 3.8) is 0 Å². The molecule has 0 heterocycles. The van der Waals surface area contributed by atoms with Gasteiger partial charge in [-0.1, -0.05) is 31.0 Å². The summed E-state index contributed by atoms with van der Waals surface area (Å²) in [6.45, 7) is 4.55. The van der Waals surface area contributed by atoms with Gasteiger partial charge in [0, 0.05) is 11.4 Å². The van der Waals surface area contributed by atoms with Gasteiger partial charge in [0.2, 0.25) is 11.8 Å². The number of benzene rings is 2. The number of ether oxygens (including phenoxy) is 1. The molecule has 0 spiro atoms. The molecule has 0 aromatic heterocycles. The number of esters is 1. The van der Waals surface area contributed by atoms with E-state index in [1.165, 1.54) is 0 Å². The summed E-state index contributed by atoms with van der Waals surface area (Å²) in [5.74, 6) is -0.820. The van der Waals surface area contributed by atoms with Crippen LogP contribution >= 0.6 is 0 Å². The molecule has 0 unspecified atom stereocenters. The number of hydrogen-bond acceptors (Lipinski definition) is 5. The van der Waals surface area contributed by atoms with Gasteiger partial charge in [-0.2, -0.15) is 0 Å². The topological polar surface area (TPSA) is 87.7 Å². The second-order valence-electron chi connectivity index (χ2n) is 7.20. The SMILES string of the molecule is CCCCOC(=O)c1ccc(NC(=O)CN(C)CC(=O)Nc2ccc(C)cc2)cc1. The fourth-order valence-electron chi connectivity index (χ4n) is 2.67. The van der Waals surface area contributed by atoms with Gasteiger partial charge < -0.3 is 15.4 Å². The second kappa shape index (κ2) is 11.7. The van der Waals surface area contributed by atoms with E-state index in [0.717, 1.165) is 24.1 Å². The quantitative estimate of drug-likeness (QED) is 0.462. The van der Waals surface area contributed by atoms with Gasteiger partial charge in [0.05, 0.1) is 25.3 Å². The molecule has 0 saturated carbocycles. The average molecular weight is 412 g/mol. The highest BCUT2D eigenvalue weighted by Gasteiger charge is 2.12. The molecule has 0 atom stereocenters. The van der Waals surface area contributed by atoms with E-state index in [-0.39, 0.29) is 30.9 Å². The number of carbonyl (C=O) groups is 3. The van der Waals surface area contributed by atoms with Gasteiger partial charge in [0.15, 0.2) is 0 Å². The number of nitrogens with one attached hydrogen (secondary N) is 2. The number of unbranched alkanes of at least 4 members (excludes halogenated alkanes) is 1. The van der Waals surface area contributed by atoms with E-state index in [1.54, 1.807) is 36.2 Å². The van der Waals surface area contributed by atoms with Crippen LogP contribution in [0.4, 0.5) is 11.4 Å². The van der Waals surface area contributed by atoms with Crippen LogP contribution in [0.2, 0.25) is 0 Å². The Hall–Kier alpha value is -3.19. The number of carbonyl (C=O) groups excluding carboxylic acids is 3. The van der Waals surface area contributed by atoms with Crippen LogP contribution < -0.4 is 10.6 Å². The number of rotatable bonds is 10. The first-order valence-corrected chi connectivity index (χ1v) is 9.99. The largest absolute Gasteiger partial charge is 0.462 e. The summed E-state index contributed by atoms with van der Waals surface area (Å²) in [6, 6.07) is 14.0. The van der Waals surface area contributed by atoms with E-state index in [1.807, 2.05) is 38.1 Å². The molecule has 0 aliphatic carbocycles. The lowest BCUT2D eigenvalue weighted by atomic mass is 10.2. The van der Waals surface area contributed by atoms with Crippen LogP contribution in [0.5, 0.6) is 0 Å². The minimum Gasteiger partial charge on any atom is -0.462 e. The van der Waals surface area contributed by atoms with Crippen LogP contribution in [0.15, 0.2) is 48.5 Å². The van der Waals surface area contributed by atoms with Gasteiger partial charge in [-0.15, -0.1) is 0 Å². The zero-order chi connectivity index (χ0) is 21.9. The molecule has 7 heteroatoms. The third kappa shape index (κ3) is 8.05. The van der Waals surface area contributed by atoms with E-state index in [2.05, 4.69) is 10.6 Å². The average Bonchev–Trinajstić information content (AvgIpc) is 2.70. The maximum absolute atomic E-state index is 12.2. The van der Waals surface area contributed by atoms with Crippen LogP contribution in [-0.4, -0.2) is 49.4 Å². The zero-order valence-electron chi connectivity index (χ0n) is 17.7. The van der Waals surface area contributed by atoms with E-state index in [0.29, 0.717) is 17.9 Å². The van der Waals surface area contributed by atoms with Crippen LogP contribution in [0.1, 0.15) is 35.7 Å². The van der Waals surface area contributed by atoms with E-state index in [9.17, 15) is 14.4 Å². The maximum Gasteiger partial charge on any atom is 0.338 e. The molecule has 0 aliphatic heterocycles. The van der Waals surface area contributed by atoms with Gasteiger partial charge in [-0.3, -0.25) is 14.5 Å². The molecule has 0 fully saturated rings. The lowest BCUT2D eigenvalue weighted by Crippen LogP contribution is -2.36. The molecule has 2 N–H and O–H groups in total. The van der Waals surface area contributed by atoms with Crippen molar-refractivity contribution in [2.75, 3.05) is 37.4 Å². The molecule has 160 valence electrons. The van der Waals surface area contributed by atoms with Crippen molar-refractivity contribution in [1.29, 1.82) is 0 Å². The molecule has 2 aromatic rings. The summed E-state index contributed by atoms with van der Waals surface area (Å²) in [5, 5.41) is 5.56. The summed E-state index contributed by atoms with van der Waals surface area (Å²) < 4.78 is 5.16. The van der Waals surface area contributed by atoms with E-state index < -0.39 is 0 Å². The van der Waals surface area contributed by atoms with Crippen molar-refractivity contribution >= 4 is 29.2 Å². The second-order valence-corrected chi connectivity index (χ2v) is 7.20. The number of amides is 2. The highest BCUT2D eigenvalue weighted by Crippen LogP contribution is 2.11. The Morgan fingerprint density at radius 2 is 1.37 bits per heavy atom. The standard InChI is InChI=1S/C23H29N3O4/c1-4-5-14-30-23(29)18-8-12-20(13-9-18)25-22(28)16-26(3)15-21(27)24-19-10-6-17(2)7-11-19/h6-13H,4-5,14-16H2,1-3H3,(H,24,27)(H,25,28). The fraction of sp³-hybridized carbons (Fsp3) is 0.348. The van der Waals surface area contributed by atoms with E-state index >= 15 is 0 Å². The molecule has 2 aromatic carbocycles. The lowest BCUT2D eigenvalue weighted by molar-refractivity contribution is -0.119. The minimum absolute atomic E-state index is 0.0577. The van der Waals surface area contributed by atoms with Crippen molar-refractivity contribution < 1.29 is 19.1 Å². The zero-order valence-corrected chi connectivity index (χ0v) is 17.7. The molecule has 0 bridgehead atoms. The number of aryl methyl sites for hydroxylation is 1. The van der Waals surface area contributed by atoms with E-state index in [4.69, 9.17) is 4.74 Å². The van der Waals surface area contributed by atoms with Crippen molar-refractivity contribution in [2.24, 2.45) is 0 Å². The van der Waals surface area contributed by atoms with Gasteiger partial charge in [0.1, 0.15) is 0 Å². The highest BCUT2D eigenvalue weighted by molar-refractivity contribution is 5.95. The number of anilines is 2. The number of hydrogen-bond donors (Lipinski definition) is 2. The molecule has 30 heavy (non-hydrogen) atoms. The van der Waals surface area contributed by atoms with Gasteiger partial charge in [-0.05, 0) is 56.8 Å². The molecule has 0 aliphatic rings. The smallest absolute Gasteiger partial charge is 0.338 e. The summed E-state index contributed by atoms with van der Waals surface area (Å²) in [4.78, 5) is 37.9. The molecule has 2 rings (SSSR count). The third-order valence-electron chi connectivity index (χ3n) is 4.30. The Bertz CT molecular complexity index is 848. The van der Waals surface area contributed by atoms with Gasteiger partial charge in [-0.25, -0.2) is 4.79 Å². The normalized spacial score (nSPS) is 10.5. The van der Waals surface area contributed by atoms with Gasteiger partial charge in [0.25, 0.3) is 0 Å². The first-order valence-electron chi connectivity index (χ1n) is 9.99. The van der Waals surface area contributed by atoms with Crippen molar-refractivity contribution in [1.82, 2.24) is 4.90 Å². The lowest BCUT2D eigenvalue weighted by Gasteiger charge is -2.16. The Kier molecular flexibility index (Phi) is 9.03. The monoisotopic (exact) mass is 411 g/mol. The molecule has 7 nitrogen and oxygen atoms in total.